The monoisotopic (exact) mass is 430 g/mol. The van der Waals surface area contributed by atoms with Crippen LogP contribution in [0.2, 0.25) is 0 Å². The zero-order chi connectivity index (χ0) is 20.9. The Hall–Kier alpha value is -2.69. The van der Waals surface area contributed by atoms with Crippen LogP contribution in [0.25, 0.3) is 10.6 Å². The molecule has 1 aliphatic heterocycles. The third kappa shape index (κ3) is 5.26. The standard InChI is InChI=1S/C20H23FN6O2S/c1-27(2)12-13-10-23-18(9-15(13)21)26-20-24-11-17(30-20)16-3-6-22-19(25-16)29-14-4-7-28-8-5-14/h3,6,9-11,14H,4-5,7-8,12H2,1-2H3,(H,23,24,26). The molecule has 30 heavy (non-hydrogen) atoms. The van der Waals surface area contributed by atoms with Gasteiger partial charge in [-0.2, -0.15) is 4.98 Å². The molecule has 0 atom stereocenters. The van der Waals surface area contributed by atoms with Gasteiger partial charge >= 0.3 is 6.01 Å². The van der Waals surface area contributed by atoms with Crippen LogP contribution in [0.1, 0.15) is 18.4 Å². The second-order valence-corrected chi connectivity index (χ2v) is 8.24. The van der Waals surface area contributed by atoms with E-state index < -0.39 is 0 Å². The Balaban J connectivity index is 1.44. The summed E-state index contributed by atoms with van der Waals surface area (Å²) in [7, 11) is 3.77. The molecule has 0 amide bonds. The first kappa shape index (κ1) is 20.6. The summed E-state index contributed by atoms with van der Waals surface area (Å²) in [4.78, 5) is 20.1. The fraction of sp³-hybridized carbons (Fsp3) is 0.400. The number of thiazole rings is 1. The predicted octanol–water partition coefficient (Wildman–Crippen LogP) is 3.50. The third-order valence-electron chi connectivity index (χ3n) is 4.48. The molecule has 0 saturated carbocycles. The highest BCUT2D eigenvalue weighted by Crippen LogP contribution is 2.30. The highest BCUT2D eigenvalue weighted by molar-refractivity contribution is 7.18. The minimum absolute atomic E-state index is 0.0733. The Morgan fingerprint density at radius 2 is 2.07 bits per heavy atom. The molecule has 1 fully saturated rings. The highest BCUT2D eigenvalue weighted by Gasteiger charge is 2.17. The zero-order valence-corrected chi connectivity index (χ0v) is 17.7. The van der Waals surface area contributed by atoms with E-state index >= 15 is 0 Å². The van der Waals surface area contributed by atoms with Gasteiger partial charge in [-0.1, -0.05) is 11.3 Å². The van der Waals surface area contributed by atoms with Crippen molar-refractivity contribution in [2.24, 2.45) is 0 Å². The fourth-order valence-corrected chi connectivity index (χ4v) is 3.82. The molecule has 4 rings (SSSR count). The summed E-state index contributed by atoms with van der Waals surface area (Å²) in [6.45, 7) is 1.88. The molecule has 1 saturated heterocycles. The second kappa shape index (κ2) is 9.41. The van der Waals surface area contributed by atoms with Crippen molar-refractivity contribution in [1.29, 1.82) is 0 Å². The lowest BCUT2D eigenvalue weighted by molar-refractivity contribution is 0.0217. The van der Waals surface area contributed by atoms with E-state index in [2.05, 4.69) is 25.3 Å². The summed E-state index contributed by atoms with van der Waals surface area (Å²) in [6, 6.07) is 3.54. The Labute approximate surface area is 178 Å². The Kier molecular flexibility index (Phi) is 6.46. The molecule has 3 aromatic heterocycles. The summed E-state index contributed by atoms with van der Waals surface area (Å²) in [5.74, 6) is 0.103. The number of hydrogen-bond acceptors (Lipinski definition) is 9. The maximum Gasteiger partial charge on any atom is 0.317 e. The van der Waals surface area contributed by atoms with Crippen LogP contribution < -0.4 is 10.1 Å². The van der Waals surface area contributed by atoms with Gasteiger partial charge in [0.15, 0.2) is 5.13 Å². The fourth-order valence-electron chi connectivity index (χ4n) is 3.02. The lowest BCUT2D eigenvalue weighted by atomic mass is 10.2. The van der Waals surface area contributed by atoms with Gasteiger partial charge in [0.25, 0.3) is 0 Å². The molecule has 3 aromatic rings. The van der Waals surface area contributed by atoms with Gasteiger partial charge in [0, 0.05) is 49.6 Å². The first-order chi connectivity index (χ1) is 14.6. The van der Waals surface area contributed by atoms with Crippen LogP contribution in [0.4, 0.5) is 15.3 Å². The summed E-state index contributed by atoms with van der Waals surface area (Å²) in [5.41, 5.74) is 1.27. The Morgan fingerprint density at radius 3 is 2.83 bits per heavy atom. The second-order valence-electron chi connectivity index (χ2n) is 7.21. The summed E-state index contributed by atoms with van der Waals surface area (Å²) in [5, 5.41) is 3.65. The van der Waals surface area contributed by atoms with E-state index in [4.69, 9.17) is 9.47 Å². The van der Waals surface area contributed by atoms with Gasteiger partial charge < -0.3 is 19.7 Å². The third-order valence-corrected chi connectivity index (χ3v) is 5.42. The molecule has 8 nitrogen and oxygen atoms in total. The Bertz CT molecular complexity index is 993. The van der Waals surface area contributed by atoms with Crippen molar-refractivity contribution in [1.82, 2.24) is 24.8 Å². The van der Waals surface area contributed by atoms with Gasteiger partial charge in [-0.05, 0) is 20.2 Å². The molecule has 0 bridgehead atoms. The van der Waals surface area contributed by atoms with Crippen LogP contribution in [-0.4, -0.2) is 58.2 Å². The number of anilines is 2. The van der Waals surface area contributed by atoms with Crippen molar-refractivity contribution in [2.75, 3.05) is 32.6 Å². The molecule has 0 unspecified atom stereocenters. The molecule has 0 radical (unpaired) electrons. The van der Waals surface area contributed by atoms with E-state index in [0.29, 0.717) is 42.3 Å². The molecule has 0 spiro atoms. The van der Waals surface area contributed by atoms with Gasteiger partial charge in [-0.3, -0.25) is 0 Å². The lowest BCUT2D eigenvalue weighted by Crippen LogP contribution is -2.26. The summed E-state index contributed by atoms with van der Waals surface area (Å²) < 4.78 is 25.5. The normalized spacial score (nSPS) is 14.8. The van der Waals surface area contributed by atoms with E-state index in [1.54, 1.807) is 12.4 Å². The van der Waals surface area contributed by atoms with Gasteiger partial charge in [0.2, 0.25) is 0 Å². The average Bonchev–Trinajstić information content (AvgIpc) is 3.19. The van der Waals surface area contributed by atoms with Gasteiger partial charge in [0.05, 0.1) is 23.8 Å². The van der Waals surface area contributed by atoms with Gasteiger partial charge in [0.1, 0.15) is 17.7 Å². The zero-order valence-electron chi connectivity index (χ0n) is 16.8. The number of ether oxygens (including phenoxy) is 2. The highest BCUT2D eigenvalue weighted by atomic mass is 32.1. The number of halogens is 1. The molecule has 1 N–H and O–H groups in total. The number of rotatable bonds is 7. The minimum atomic E-state index is -0.302. The van der Waals surface area contributed by atoms with Crippen molar-refractivity contribution in [3.63, 3.8) is 0 Å². The van der Waals surface area contributed by atoms with Crippen molar-refractivity contribution in [3.05, 3.63) is 42.1 Å². The van der Waals surface area contributed by atoms with Gasteiger partial charge in [-0.25, -0.2) is 19.3 Å². The number of nitrogens with one attached hydrogen (secondary N) is 1. The molecule has 158 valence electrons. The topological polar surface area (TPSA) is 85.3 Å². The molecule has 1 aliphatic rings. The maximum absolute atomic E-state index is 14.3. The quantitative estimate of drug-likeness (QED) is 0.610. The predicted molar refractivity (Wildman–Crippen MR) is 112 cm³/mol. The van der Waals surface area contributed by atoms with Crippen LogP contribution in [0.15, 0.2) is 30.7 Å². The average molecular weight is 431 g/mol. The van der Waals surface area contributed by atoms with E-state index in [1.165, 1.54) is 23.6 Å². The minimum Gasteiger partial charge on any atom is -0.460 e. The van der Waals surface area contributed by atoms with E-state index in [-0.39, 0.29) is 11.9 Å². The number of aromatic nitrogens is 4. The molecular weight excluding hydrogens is 407 g/mol. The smallest absolute Gasteiger partial charge is 0.317 e. The van der Waals surface area contributed by atoms with Crippen LogP contribution >= 0.6 is 11.3 Å². The van der Waals surface area contributed by atoms with Crippen LogP contribution in [0.3, 0.4) is 0 Å². The maximum atomic E-state index is 14.3. The first-order valence-electron chi connectivity index (χ1n) is 9.66. The van der Waals surface area contributed by atoms with Gasteiger partial charge in [-0.15, -0.1) is 0 Å². The largest absolute Gasteiger partial charge is 0.460 e. The van der Waals surface area contributed by atoms with Crippen molar-refractivity contribution < 1.29 is 13.9 Å². The molecule has 0 aliphatic carbocycles. The SMILES string of the molecule is CN(C)Cc1cnc(Nc2ncc(-c3ccnc(OC4CCOCC4)n3)s2)cc1F. The molecule has 4 heterocycles. The summed E-state index contributed by atoms with van der Waals surface area (Å²) in [6.07, 6.45) is 6.66. The number of pyridine rings is 1. The van der Waals surface area contributed by atoms with E-state index in [1.807, 2.05) is 25.1 Å². The Morgan fingerprint density at radius 1 is 1.23 bits per heavy atom. The van der Waals surface area contributed by atoms with Crippen molar-refractivity contribution in [3.8, 4) is 16.6 Å². The van der Waals surface area contributed by atoms with E-state index in [0.717, 1.165) is 23.4 Å². The first-order valence-corrected chi connectivity index (χ1v) is 10.5. The molecule has 10 heteroatoms. The molecular formula is C20H23FN6O2S. The van der Waals surface area contributed by atoms with Crippen LogP contribution in [0.5, 0.6) is 6.01 Å². The van der Waals surface area contributed by atoms with Crippen LogP contribution in [-0.2, 0) is 11.3 Å². The van der Waals surface area contributed by atoms with E-state index in [9.17, 15) is 4.39 Å². The number of hydrogen-bond donors (Lipinski definition) is 1. The van der Waals surface area contributed by atoms with Crippen molar-refractivity contribution in [2.45, 2.75) is 25.5 Å². The van der Waals surface area contributed by atoms with Crippen molar-refractivity contribution >= 4 is 22.3 Å². The summed E-state index contributed by atoms with van der Waals surface area (Å²) >= 11 is 1.40. The molecule has 0 aromatic carbocycles. The number of nitrogens with zero attached hydrogens (tertiary/aromatic N) is 5. The van der Waals surface area contributed by atoms with Crippen LogP contribution in [0, 0.1) is 5.82 Å². The lowest BCUT2D eigenvalue weighted by Gasteiger charge is -2.22.